The highest BCUT2D eigenvalue weighted by atomic mass is 16.2. The molecule has 0 aromatic carbocycles. The number of H-pyrrole nitrogens is 1. The van der Waals surface area contributed by atoms with Crippen LogP contribution in [0.25, 0.3) is 0 Å². The van der Waals surface area contributed by atoms with Crippen molar-refractivity contribution in [3.8, 4) is 0 Å². The van der Waals surface area contributed by atoms with Crippen molar-refractivity contribution < 1.29 is 0 Å². The highest BCUT2D eigenvalue weighted by Crippen LogP contribution is 2.50. The van der Waals surface area contributed by atoms with E-state index in [0.717, 1.165) is 18.0 Å². The van der Waals surface area contributed by atoms with Crippen LogP contribution in [0.4, 0.5) is 0 Å². The fraction of sp³-hybridized carbons (Fsp3) is 0.667. The number of hydrogen-bond acceptors (Lipinski definition) is 2. The van der Waals surface area contributed by atoms with Gasteiger partial charge < -0.3 is 0 Å². The lowest BCUT2D eigenvalue weighted by Gasteiger charge is -2.25. The van der Waals surface area contributed by atoms with E-state index in [-0.39, 0.29) is 11.2 Å². The van der Waals surface area contributed by atoms with Crippen molar-refractivity contribution in [3.63, 3.8) is 0 Å². The van der Waals surface area contributed by atoms with Crippen molar-refractivity contribution in [1.29, 1.82) is 0 Å². The van der Waals surface area contributed by atoms with Gasteiger partial charge in [-0.1, -0.05) is 6.42 Å². The molecule has 2 bridgehead atoms. The maximum absolute atomic E-state index is 11.8. The standard InChI is InChI=1S/C12H16N2O2/c1-7-4-11(15)13-12(16)14(7)10-6-8-2-3-9(10)5-8/h4,8-10H,2-3,5-6H2,1H3,(H,13,15,16). The van der Waals surface area contributed by atoms with Crippen molar-refractivity contribution in [3.05, 3.63) is 32.6 Å². The zero-order valence-corrected chi connectivity index (χ0v) is 9.40. The van der Waals surface area contributed by atoms with Crippen LogP contribution in [-0.4, -0.2) is 9.55 Å². The average molecular weight is 220 g/mol. The lowest BCUT2D eigenvalue weighted by molar-refractivity contribution is 0.314. The molecule has 2 fully saturated rings. The molecular weight excluding hydrogens is 204 g/mol. The molecular formula is C12H16N2O2. The summed E-state index contributed by atoms with van der Waals surface area (Å²) >= 11 is 0. The first kappa shape index (κ1) is 9.87. The van der Waals surface area contributed by atoms with Gasteiger partial charge in [-0.15, -0.1) is 0 Å². The van der Waals surface area contributed by atoms with Crippen molar-refractivity contribution in [2.75, 3.05) is 0 Å². The molecule has 16 heavy (non-hydrogen) atoms. The Hall–Kier alpha value is -1.32. The maximum atomic E-state index is 11.8. The summed E-state index contributed by atoms with van der Waals surface area (Å²) in [4.78, 5) is 25.4. The van der Waals surface area contributed by atoms with Gasteiger partial charge in [0.2, 0.25) is 0 Å². The molecule has 0 spiro atoms. The van der Waals surface area contributed by atoms with Crippen LogP contribution in [-0.2, 0) is 0 Å². The minimum absolute atomic E-state index is 0.234. The number of nitrogens with zero attached hydrogens (tertiary/aromatic N) is 1. The zero-order chi connectivity index (χ0) is 11.3. The summed E-state index contributed by atoms with van der Waals surface area (Å²) in [6.07, 6.45) is 4.92. The second-order valence-corrected chi connectivity index (χ2v) is 5.19. The number of aromatic nitrogens is 2. The predicted molar refractivity (Wildman–Crippen MR) is 60.5 cm³/mol. The van der Waals surface area contributed by atoms with Crippen LogP contribution in [0, 0.1) is 18.8 Å². The largest absolute Gasteiger partial charge is 0.328 e. The van der Waals surface area contributed by atoms with Crippen LogP contribution in [0.15, 0.2) is 15.7 Å². The first-order chi connectivity index (χ1) is 7.65. The zero-order valence-electron chi connectivity index (χ0n) is 9.40. The van der Waals surface area contributed by atoms with Crippen molar-refractivity contribution in [2.45, 2.75) is 38.6 Å². The lowest BCUT2D eigenvalue weighted by Crippen LogP contribution is -2.35. The van der Waals surface area contributed by atoms with Gasteiger partial charge in [-0.05, 0) is 38.0 Å². The number of nitrogens with one attached hydrogen (secondary N) is 1. The van der Waals surface area contributed by atoms with Crippen LogP contribution in [0.5, 0.6) is 0 Å². The van der Waals surface area contributed by atoms with Gasteiger partial charge in [-0.2, -0.15) is 0 Å². The molecule has 1 aromatic rings. The molecule has 2 aliphatic carbocycles. The second-order valence-electron chi connectivity index (χ2n) is 5.19. The number of hydrogen-bond donors (Lipinski definition) is 1. The lowest BCUT2D eigenvalue weighted by atomic mass is 9.95. The van der Waals surface area contributed by atoms with E-state index < -0.39 is 0 Å². The first-order valence-electron chi connectivity index (χ1n) is 5.97. The summed E-state index contributed by atoms with van der Waals surface area (Å²) in [5.74, 6) is 1.44. The number of fused-ring (bicyclic) bond motifs is 2. The van der Waals surface area contributed by atoms with Crippen LogP contribution in [0.3, 0.4) is 0 Å². The Balaban J connectivity index is 2.07. The predicted octanol–water partition coefficient (Wildman–Crippen LogP) is 1.21. The SMILES string of the molecule is Cc1cc(=O)[nH]c(=O)n1C1CC2CCC1C2. The van der Waals surface area contributed by atoms with Gasteiger partial charge >= 0.3 is 5.69 Å². The molecule has 1 aromatic heterocycles. The molecule has 1 N–H and O–H groups in total. The van der Waals surface area contributed by atoms with Gasteiger partial charge in [0, 0.05) is 17.8 Å². The molecule has 4 heteroatoms. The van der Waals surface area contributed by atoms with E-state index in [1.807, 2.05) is 6.92 Å². The Morgan fingerprint density at radius 1 is 1.31 bits per heavy atom. The number of aromatic amines is 1. The average Bonchev–Trinajstić information content (AvgIpc) is 2.77. The Morgan fingerprint density at radius 2 is 2.12 bits per heavy atom. The minimum Gasteiger partial charge on any atom is -0.295 e. The maximum Gasteiger partial charge on any atom is 0.328 e. The molecule has 4 nitrogen and oxygen atoms in total. The summed E-state index contributed by atoms with van der Waals surface area (Å²) < 4.78 is 1.80. The van der Waals surface area contributed by atoms with Gasteiger partial charge in [0.1, 0.15) is 0 Å². The molecule has 2 aliphatic rings. The van der Waals surface area contributed by atoms with Gasteiger partial charge in [-0.25, -0.2) is 4.79 Å². The summed E-state index contributed by atoms with van der Waals surface area (Å²) in [6.45, 7) is 1.85. The van der Waals surface area contributed by atoms with Crippen LogP contribution < -0.4 is 11.2 Å². The Labute approximate surface area is 93.3 Å². The smallest absolute Gasteiger partial charge is 0.295 e. The Bertz CT molecular complexity index is 529. The third-order valence-corrected chi connectivity index (χ3v) is 4.20. The molecule has 3 atom stereocenters. The number of rotatable bonds is 1. The Kier molecular flexibility index (Phi) is 2.06. The van der Waals surface area contributed by atoms with E-state index in [4.69, 9.17) is 0 Å². The molecule has 0 aliphatic heterocycles. The van der Waals surface area contributed by atoms with Crippen LogP contribution in [0.2, 0.25) is 0 Å². The third-order valence-electron chi connectivity index (χ3n) is 4.20. The van der Waals surface area contributed by atoms with E-state index in [1.54, 1.807) is 4.57 Å². The second kappa shape index (κ2) is 3.34. The highest BCUT2D eigenvalue weighted by Gasteiger charge is 2.41. The molecule has 3 unspecified atom stereocenters. The van der Waals surface area contributed by atoms with Crippen molar-refractivity contribution in [2.24, 2.45) is 11.8 Å². The van der Waals surface area contributed by atoms with E-state index in [9.17, 15) is 9.59 Å². The topological polar surface area (TPSA) is 54.9 Å². The molecule has 86 valence electrons. The van der Waals surface area contributed by atoms with Gasteiger partial charge in [-0.3, -0.25) is 14.3 Å². The first-order valence-corrected chi connectivity index (χ1v) is 5.97. The molecule has 1 heterocycles. The summed E-state index contributed by atoms with van der Waals surface area (Å²) in [5.41, 5.74) is 0.274. The molecule has 0 amide bonds. The molecule has 3 rings (SSSR count). The van der Waals surface area contributed by atoms with Gasteiger partial charge in [0.15, 0.2) is 0 Å². The van der Waals surface area contributed by atoms with Crippen LogP contribution in [0.1, 0.15) is 37.4 Å². The number of aryl methyl sites for hydroxylation is 1. The van der Waals surface area contributed by atoms with E-state index >= 15 is 0 Å². The summed E-state index contributed by atoms with van der Waals surface area (Å²) in [7, 11) is 0. The van der Waals surface area contributed by atoms with Crippen molar-refractivity contribution >= 4 is 0 Å². The third kappa shape index (κ3) is 1.36. The normalized spacial score (nSPS) is 32.2. The summed E-state index contributed by atoms with van der Waals surface area (Å²) in [6, 6.07) is 1.84. The fourth-order valence-electron chi connectivity index (χ4n) is 3.56. The molecule has 0 radical (unpaired) electrons. The van der Waals surface area contributed by atoms with E-state index in [1.165, 1.54) is 25.3 Å². The quantitative estimate of drug-likeness (QED) is 0.773. The fourth-order valence-corrected chi connectivity index (χ4v) is 3.56. The van der Waals surface area contributed by atoms with Gasteiger partial charge in [0.25, 0.3) is 5.56 Å². The van der Waals surface area contributed by atoms with Gasteiger partial charge in [0.05, 0.1) is 0 Å². The molecule has 0 saturated heterocycles. The highest BCUT2D eigenvalue weighted by molar-refractivity contribution is 5.04. The molecule has 2 saturated carbocycles. The van der Waals surface area contributed by atoms with Crippen LogP contribution >= 0.6 is 0 Å². The van der Waals surface area contributed by atoms with E-state index in [0.29, 0.717) is 12.0 Å². The summed E-state index contributed by atoms with van der Waals surface area (Å²) in [5, 5.41) is 0. The minimum atomic E-state index is -0.290. The monoisotopic (exact) mass is 220 g/mol. The Morgan fingerprint density at radius 3 is 2.69 bits per heavy atom. The van der Waals surface area contributed by atoms with Crippen molar-refractivity contribution in [1.82, 2.24) is 9.55 Å². The van der Waals surface area contributed by atoms with E-state index in [2.05, 4.69) is 4.98 Å².